The number of nitrogens with one attached hydrogen (secondary N) is 1. The summed E-state index contributed by atoms with van der Waals surface area (Å²) < 4.78 is 0. The van der Waals surface area contributed by atoms with E-state index < -0.39 is 0 Å². The van der Waals surface area contributed by atoms with E-state index in [1.165, 1.54) is 32.1 Å². The second-order valence-corrected chi connectivity index (χ2v) is 7.08. The molecule has 6 atom stereocenters. The van der Waals surface area contributed by atoms with Gasteiger partial charge >= 0.3 is 0 Å². The maximum Gasteiger partial charge on any atom is 0.223 e. The molecule has 4 aliphatic carbocycles. The summed E-state index contributed by atoms with van der Waals surface area (Å²) in [5.74, 6) is 3.98. The Morgan fingerprint density at radius 3 is 2.33 bits per heavy atom. The lowest BCUT2D eigenvalue weighted by Gasteiger charge is -2.29. The molecule has 1 amide bonds. The molecule has 4 saturated carbocycles. The molecular formula is C15H24N2O. The fraction of sp³-hybridized carbons (Fsp3) is 0.933. The Morgan fingerprint density at radius 1 is 1.00 bits per heavy atom. The van der Waals surface area contributed by atoms with Gasteiger partial charge in [-0.3, -0.25) is 4.79 Å². The van der Waals surface area contributed by atoms with E-state index in [4.69, 9.17) is 5.73 Å². The van der Waals surface area contributed by atoms with Crippen LogP contribution in [0.2, 0.25) is 0 Å². The third kappa shape index (κ3) is 1.56. The standard InChI is InChI=1S/C15H24N2O/c16-10-3-1-2-4-11(10)17-15(18)14-12-8-5-6-9(7-8)13(12)14/h8-14H,1-7,16H2,(H,17,18). The number of hydrogen-bond acceptors (Lipinski definition) is 2. The first-order chi connectivity index (χ1) is 8.75. The molecule has 0 aliphatic heterocycles. The van der Waals surface area contributed by atoms with Gasteiger partial charge in [-0.1, -0.05) is 12.8 Å². The highest BCUT2D eigenvalue weighted by Crippen LogP contribution is 2.69. The molecule has 2 bridgehead atoms. The van der Waals surface area contributed by atoms with E-state index >= 15 is 0 Å². The van der Waals surface area contributed by atoms with Crippen LogP contribution in [0, 0.1) is 29.6 Å². The first kappa shape index (κ1) is 11.3. The zero-order valence-corrected chi connectivity index (χ0v) is 11.0. The SMILES string of the molecule is NC1CCCCC1NC(=O)C1C2C3CCC(C3)C12. The molecule has 0 spiro atoms. The van der Waals surface area contributed by atoms with E-state index in [0.717, 1.165) is 36.5 Å². The summed E-state index contributed by atoms with van der Waals surface area (Å²) in [5, 5.41) is 3.26. The van der Waals surface area contributed by atoms with Crippen LogP contribution in [0.1, 0.15) is 44.9 Å². The van der Waals surface area contributed by atoms with Gasteiger partial charge in [-0.15, -0.1) is 0 Å². The van der Waals surface area contributed by atoms with Crippen molar-refractivity contribution in [3.63, 3.8) is 0 Å². The Morgan fingerprint density at radius 2 is 1.67 bits per heavy atom. The van der Waals surface area contributed by atoms with Gasteiger partial charge in [-0.25, -0.2) is 0 Å². The summed E-state index contributed by atoms with van der Waals surface area (Å²) in [6.07, 6.45) is 8.81. The summed E-state index contributed by atoms with van der Waals surface area (Å²) in [6.45, 7) is 0. The van der Waals surface area contributed by atoms with Gasteiger partial charge in [0.2, 0.25) is 5.91 Å². The Kier molecular flexibility index (Phi) is 2.48. The molecule has 0 radical (unpaired) electrons. The molecule has 4 rings (SSSR count). The van der Waals surface area contributed by atoms with Gasteiger partial charge in [0.05, 0.1) is 0 Å². The topological polar surface area (TPSA) is 55.1 Å². The van der Waals surface area contributed by atoms with E-state index in [1.807, 2.05) is 0 Å². The second-order valence-electron chi connectivity index (χ2n) is 7.08. The fourth-order valence-corrected chi connectivity index (χ4v) is 5.29. The fourth-order valence-electron chi connectivity index (χ4n) is 5.29. The molecule has 0 aromatic carbocycles. The van der Waals surface area contributed by atoms with Gasteiger partial charge in [-0.05, 0) is 55.8 Å². The summed E-state index contributed by atoms with van der Waals surface area (Å²) >= 11 is 0. The monoisotopic (exact) mass is 248 g/mol. The normalized spacial score (nSPS) is 53.1. The molecule has 6 unspecified atom stereocenters. The van der Waals surface area contributed by atoms with Gasteiger partial charge in [0.15, 0.2) is 0 Å². The Bertz CT molecular complexity index is 354. The maximum absolute atomic E-state index is 12.4. The van der Waals surface area contributed by atoms with E-state index in [-0.39, 0.29) is 12.1 Å². The summed E-state index contributed by atoms with van der Waals surface area (Å²) in [4.78, 5) is 12.4. The zero-order chi connectivity index (χ0) is 12.3. The lowest BCUT2D eigenvalue weighted by molar-refractivity contribution is -0.124. The van der Waals surface area contributed by atoms with Gasteiger partial charge in [0.25, 0.3) is 0 Å². The number of hydrogen-bond donors (Lipinski definition) is 2. The molecule has 0 aromatic heterocycles. The van der Waals surface area contributed by atoms with Gasteiger partial charge in [-0.2, -0.15) is 0 Å². The number of carbonyl (C=O) groups excluding carboxylic acids is 1. The van der Waals surface area contributed by atoms with Crippen molar-refractivity contribution < 1.29 is 4.79 Å². The van der Waals surface area contributed by atoms with Crippen molar-refractivity contribution in [2.75, 3.05) is 0 Å². The molecule has 4 fully saturated rings. The predicted molar refractivity (Wildman–Crippen MR) is 69.7 cm³/mol. The van der Waals surface area contributed by atoms with Crippen LogP contribution in [-0.2, 0) is 4.79 Å². The molecule has 3 N–H and O–H groups in total. The Balaban J connectivity index is 1.38. The van der Waals surface area contributed by atoms with Crippen LogP contribution < -0.4 is 11.1 Å². The van der Waals surface area contributed by atoms with E-state index in [1.54, 1.807) is 0 Å². The minimum absolute atomic E-state index is 0.193. The summed E-state index contributed by atoms with van der Waals surface area (Å²) in [5.41, 5.74) is 6.12. The molecular weight excluding hydrogens is 224 g/mol. The van der Waals surface area contributed by atoms with Crippen molar-refractivity contribution in [2.45, 2.75) is 57.0 Å². The van der Waals surface area contributed by atoms with Crippen LogP contribution in [0.4, 0.5) is 0 Å². The predicted octanol–water partition coefficient (Wildman–Crippen LogP) is 1.66. The zero-order valence-electron chi connectivity index (χ0n) is 11.0. The van der Waals surface area contributed by atoms with E-state index in [9.17, 15) is 4.79 Å². The average Bonchev–Trinajstić information content (AvgIpc) is 2.82. The number of carbonyl (C=O) groups is 1. The third-order valence-electron chi connectivity index (χ3n) is 6.19. The Labute approximate surface area is 109 Å². The minimum atomic E-state index is 0.193. The largest absolute Gasteiger partial charge is 0.352 e. The molecule has 0 heterocycles. The maximum atomic E-state index is 12.4. The van der Waals surface area contributed by atoms with Crippen LogP contribution in [0.5, 0.6) is 0 Å². The van der Waals surface area contributed by atoms with Crippen molar-refractivity contribution in [2.24, 2.45) is 35.3 Å². The Hall–Kier alpha value is -0.570. The van der Waals surface area contributed by atoms with Gasteiger partial charge in [0, 0.05) is 18.0 Å². The molecule has 0 saturated heterocycles. The molecule has 4 aliphatic rings. The van der Waals surface area contributed by atoms with Gasteiger partial charge < -0.3 is 11.1 Å². The number of nitrogens with two attached hydrogens (primary N) is 1. The van der Waals surface area contributed by atoms with Crippen molar-refractivity contribution in [1.29, 1.82) is 0 Å². The molecule has 0 aromatic rings. The summed E-state index contributed by atoms with van der Waals surface area (Å²) in [7, 11) is 0. The lowest BCUT2D eigenvalue weighted by Crippen LogP contribution is -2.50. The highest BCUT2D eigenvalue weighted by Gasteiger charge is 2.67. The first-order valence-electron chi connectivity index (χ1n) is 7.81. The van der Waals surface area contributed by atoms with Crippen molar-refractivity contribution >= 4 is 5.91 Å². The van der Waals surface area contributed by atoms with Gasteiger partial charge in [0.1, 0.15) is 0 Å². The number of rotatable bonds is 2. The van der Waals surface area contributed by atoms with Crippen LogP contribution in [0.15, 0.2) is 0 Å². The van der Waals surface area contributed by atoms with Crippen LogP contribution in [0.3, 0.4) is 0 Å². The number of amides is 1. The van der Waals surface area contributed by atoms with Crippen LogP contribution in [-0.4, -0.2) is 18.0 Å². The lowest BCUT2D eigenvalue weighted by atomic mass is 9.90. The quantitative estimate of drug-likeness (QED) is 0.781. The highest BCUT2D eigenvalue weighted by molar-refractivity contribution is 5.83. The highest BCUT2D eigenvalue weighted by atomic mass is 16.2. The third-order valence-corrected chi connectivity index (χ3v) is 6.19. The number of fused-ring (bicyclic) bond motifs is 5. The van der Waals surface area contributed by atoms with Crippen molar-refractivity contribution in [3.8, 4) is 0 Å². The van der Waals surface area contributed by atoms with E-state index in [0.29, 0.717) is 11.8 Å². The van der Waals surface area contributed by atoms with Crippen LogP contribution >= 0.6 is 0 Å². The molecule has 100 valence electrons. The van der Waals surface area contributed by atoms with Crippen LogP contribution in [0.25, 0.3) is 0 Å². The molecule has 3 nitrogen and oxygen atoms in total. The second kappa shape index (κ2) is 3.96. The smallest absolute Gasteiger partial charge is 0.223 e. The van der Waals surface area contributed by atoms with Crippen molar-refractivity contribution in [3.05, 3.63) is 0 Å². The molecule has 3 heteroatoms. The molecule has 18 heavy (non-hydrogen) atoms. The average molecular weight is 248 g/mol. The summed E-state index contributed by atoms with van der Waals surface area (Å²) in [6, 6.07) is 0.447. The van der Waals surface area contributed by atoms with Crippen molar-refractivity contribution in [1.82, 2.24) is 5.32 Å². The minimum Gasteiger partial charge on any atom is -0.352 e. The first-order valence-corrected chi connectivity index (χ1v) is 7.81. The van der Waals surface area contributed by atoms with E-state index in [2.05, 4.69) is 5.32 Å².